The molecule has 3 fully saturated rings. The summed E-state index contributed by atoms with van der Waals surface area (Å²) in [5.74, 6) is -1.47. The normalized spacial score (nSPS) is 28.2. The molecule has 0 saturated carbocycles. The van der Waals surface area contributed by atoms with Crippen LogP contribution in [0.1, 0.15) is 163 Å². The van der Waals surface area contributed by atoms with Gasteiger partial charge in [-0.1, -0.05) is 163 Å². The van der Waals surface area contributed by atoms with Gasteiger partial charge in [0.25, 0.3) is 0 Å². The van der Waals surface area contributed by atoms with Crippen LogP contribution in [0.3, 0.4) is 0 Å². The first-order valence-corrected chi connectivity index (χ1v) is 33.0. The number of alkyl carbamates (subject to hydrolysis) is 1. The van der Waals surface area contributed by atoms with Gasteiger partial charge in [-0.2, -0.15) is 11.8 Å². The van der Waals surface area contributed by atoms with Gasteiger partial charge < -0.3 is 48.8 Å². The number of hydrogen-bond donors (Lipinski definition) is 3. The number of benzene rings is 1. The van der Waals surface area contributed by atoms with Crippen LogP contribution < -0.4 is 20.3 Å². The fourth-order valence-corrected chi connectivity index (χ4v) is 13.3. The van der Waals surface area contributed by atoms with Crippen LogP contribution in [0.2, 0.25) is 5.02 Å². The molecule has 2 unspecified atom stereocenters. The Kier molecular flexibility index (Phi) is 27.0. The third-order valence-electron chi connectivity index (χ3n) is 17.8. The highest BCUT2D eigenvalue weighted by Crippen LogP contribution is 2.49. The van der Waals surface area contributed by atoms with Crippen molar-refractivity contribution in [3.63, 3.8) is 0 Å². The number of epoxide rings is 1. The number of rotatable bonds is 26. The molecule has 0 aromatic heterocycles. The summed E-state index contributed by atoms with van der Waals surface area (Å²) in [6.07, 6.45) is 28.3. The van der Waals surface area contributed by atoms with Crippen LogP contribution in [0.25, 0.3) is 0 Å². The summed E-state index contributed by atoms with van der Waals surface area (Å²) in [6.45, 7) is 14.9. The van der Waals surface area contributed by atoms with Crippen LogP contribution in [0.15, 0.2) is 84.0 Å². The monoisotopic (exact) mass is 1230 g/mol. The first-order chi connectivity index (χ1) is 41.1. The maximum Gasteiger partial charge on any atom is 0.409 e. The lowest BCUT2D eigenvalue weighted by Gasteiger charge is -2.42. The van der Waals surface area contributed by atoms with E-state index >= 15 is 0 Å². The second kappa shape index (κ2) is 33.3. The number of amides is 5. The number of aliphatic hydroxyl groups is 1. The summed E-state index contributed by atoms with van der Waals surface area (Å²) in [6, 6.07) is 2.63. The minimum absolute atomic E-state index is 0.0314. The van der Waals surface area contributed by atoms with Crippen molar-refractivity contribution in [3.8, 4) is 5.75 Å². The number of hydrogen-bond acceptors (Lipinski definition) is 13. The topological polar surface area (TPSA) is 206 Å². The fraction of sp³-hybridized carbons (Fsp3) is 0.642. The Morgan fingerprint density at radius 3 is 2.37 bits per heavy atom. The second-order valence-electron chi connectivity index (χ2n) is 24.3. The number of ether oxygens (including phenoxy) is 5. The van der Waals surface area contributed by atoms with Gasteiger partial charge in [-0.3, -0.25) is 24.5 Å². The maximum absolute atomic E-state index is 14.7. The molecule has 17 nitrogen and oxygen atoms in total. The summed E-state index contributed by atoms with van der Waals surface area (Å²) in [5.41, 5.74) is -0.397. The quantitative estimate of drug-likeness (QED) is 0.0449. The maximum atomic E-state index is 14.7. The molecule has 3 saturated heterocycles. The molecule has 86 heavy (non-hydrogen) atoms. The van der Waals surface area contributed by atoms with Crippen molar-refractivity contribution in [2.24, 2.45) is 11.8 Å². The van der Waals surface area contributed by atoms with E-state index in [4.69, 9.17) is 35.3 Å². The number of likely N-dealkylation sites (N-methyl/N-ethyl adjacent to an activating group) is 1. The van der Waals surface area contributed by atoms with E-state index in [9.17, 15) is 33.9 Å². The van der Waals surface area contributed by atoms with E-state index in [0.717, 1.165) is 87.3 Å². The third-order valence-corrected chi connectivity index (χ3v) is 19.1. The van der Waals surface area contributed by atoms with Crippen molar-refractivity contribution >= 4 is 64.7 Å². The Morgan fingerprint density at radius 2 is 1.65 bits per heavy atom. The van der Waals surface area contributed by atoms with Crippen LogP contribution >= 0.6 is 23.4 Å². The molecule has 4 bridgehead atoms. The minimum Gasteiger partial charge on any atom is -0.492 e. The van der Waals surface area contributed by atoms with Crippen LogP contribution in [0.5, 0.6) is 5.75 Å². The van der Waals surface area contributed by atoms with E-state index in [1.807, 2.05) is 55.5 Å². The average Bonchev–Trinajstić information content (AvgIpc) is 1.58. The van der Waals surface area contributed by atoms with E-state index in [2.05, 4.69) is 43.6 Å². The third kappa shape index (κ3) is 18.8. The van der Waals surface area contributed by atoms with E-state index in [1.54, 1.807) is 44.9 Å². The van der Waals surface area contributed by atoms with E-state index < -0.39 is 71.2 Å². The zero-order chi connectivity index (χ0) is 62.6. The van der Waals surface area contributed by atoms with Crippen molar-refractivity contribution in [1.82, 2.24) is 20.4 Å². The zero-order valence-electron chi connectivity index (χ0n) is 52.8. The molecule has 0 radical (unpaired) electrons. The Morgan fingerprint density at radius 1 is 0.953 bits per heavy atom. The van der Waals surface area contributed by atoms with Crippen LogP contribution in [0.4, 0.5) is 10.5 Å². The van der Waals surface area contributed by atoms with Crippen LogP contribution in [0, 0.1) is 11.8 Å². The van der Waals surface area contributed by atoms with Crippen molar-refractivity contribution in [3.05, 3.63) is 94.6 Å². The zero-order valence-corrected chi connectivity index (χ0v) is 54.4. The predicted molar refractivity (Wildman–Crippen MR) is 340 cm³/mol. The standard InChI is InChI=1S/C67H98ClN5O12S/c1-11-14-16-17-21-25-38-82-53-42-49-40-46(4)27-26-30-55(81-10)67(80)44-54(83-64(79)70-67)47(5)61-65(7,85-61)56(43-58(75)72(9)52(41-49)60(53)68)84-63(78)48(6)71(8)57(74)33-39-86-45-59(76)73-36-31-50(32-37-73)62(77)69-66(34-13-3,35-24-15-12-2)51-28-22-19-18-20-23-29-51/h18-20,22-23,26-30,41-42,47-48,50,54-56,61,80H,11-17,21,24-25,31-40,43-45H2,1-10H3,(H,69,77)(H,70,79)/b19-18-,20-18?,22-19?,23-20-,28-22-,29-23?,30-26+,46-27+,51-28?,51-29+/t47-,48-,54+,55?,56+,61+,65+,66?,67+/m1/s1. The number of likely N-dealkylation sites (tertiary alicyclic amines) is 1. The number of anilines is 1. The number of nitrogens with one attached hydrogen (secondary N) is 2. The molecule has 476 valence electrons. The lowest BCUT2D eigenvalue weighted by molar-refractivity contribution is -0.162. The van der Waals surface area contributed by atoms with Crippen molar-refractivity contribution < 1.29 is 57.6 Å². The van der Waals surface area contributed by atoms with Crippen molar-refractivity contribution in [2.75, 3.05) is 57.3 Å². The number of carbonyl (C=O) groups is 6. The molecule has 1 aliphatic carbocycles. The molecular formula is C67H98ClN5O12S. The van der Waals surface area contributed by atoms with Crippen molar-refractivity contribution in [2.45, 2.75) is 211 Å². The Labute approximate surface area is 521 Å². The van der Waals surface area contributed by atoms with Gasteiger partial charge in [-0.05, 0) is 82.6 Å². The number of carbonyl (C=O) groups excluding carboxylic acids is 6. The number of methoxy groups -OCH3 is 1. The predicted octanol–water partition coefficient (Wildman–Crippen LogP) is 11.5. The number of unbranched alkanes of at least 4 members (excludes halogenated alkanes) is 7. The van der Waals surface area contributed by atoms with Gasteiger partial charge in [0.05, 0.1) is 36.1 Å². The fourth-order valence-electron chi connectivity index (χ4n) is 12.2. The Bertz CT molecular complexity index is 2690. The number of piperidine rings is 1. The van der Waals surface area contributed by atoms with E-state index in [0.29, 0.717) is 56.1 Å². The molecule has 4 heterocycles. The van der Waals surface area contributed by atoms with Gasteiger partial charge >= 0.3 is 12.1 Å². The summed E-state index contributed by atoms with van der Waals surface area (Å²) >= 11 is 8.46. The number of halogens is 1. The molecule has 5 amide bonds. The highest BCUT2D eigenvalue weighted by Gasteiger charge is 2.64. The molecule has 6 rings (SSSR count). The summed E-state index contributed by atoms with van der Waals surface area (Å²) in [7, 11) is 4.56. The lowest BCUT2D eigenvalue weighted by atomic mass is 9.79. The summed E-state index contributed by atoms with van der Waals surface area (Å²) in [5, 5.41) is 18.3. The smallest absolute Gasteiger partial charge is 0.409 e. The molecule has 0 spiro atoms. The molecule has 9 atom stereocenters. The van der Waals surface area contributed by atoms with Gasteiger partial charge in [0, 0.05) is 64.7 Å². The highest BCUT2D eigenvalue weighted by atomic mass is 35.5. The minimum atomic E-state index is -1.87. The number of esters is 1. The van der Waals surface area contributed by atoms with Gasteiger partial charge in [0.2, 0.25) is 23.6 Å². The molecule has 1 aromatic carbocycles. The lowest BCUT2D eigenvalue weighted by Crippen LogP contribution is -2.63. The van der Waals surface area contributed by atoms with Gasteiger partial charge in [-0.15, -0.1) is 0 Å². The SMILES string of the molecule is CCCCCCCCOc1cc2cc(c1Cl)N(C)C(=O)C[C@H](OC(=O)[C@@H](C)N(C)C(=O)CCSCC(=O)N1CCC(C(=O)NC(CCC)(CCCCC)C3=C/C=C\C=C/C=C\3)CC1)[C@]1(C)O[C@H]1[C@H](C)[C@@H]1C[C@@](O)(NC(=O)O1)C(OC)/C=C/C=C(\C)C2. The summed E-state index contributed by atoms with van der Waals surface area (Å²) in [4.78, 5) is 88.1. The molecule has 4 aliphatic heterocycles. The number of fused-ring (bicyclic) bond motifs is 5. The second-order valence-corrected chi connectivity index (χ2v) is 25.8. The van der Waals surface area contributed by atoms with Crippen LogP contribution in [-0.4, -0.2) is 150 Å². The Balaban J connectivity index is 1.10. The van der Waals surface area contributed by atoms with Gasteiger partial charge in [0.1, 0.15) is 40.7 Å². The van der Waals surface area contributed by atoms with Gasteiger partial charge in [0.15, 0.2) is 5.72 Å². The first kappa shape index (κ1) is 69.7. The van der Waals surface area contributed by atoms with E-state index in [-0.39, 0.29) is 53.7 Å². The first-order valence-electron chi connectivity index (χ1n) is 31.5. The molecule has 1 aromatic rings. The number of nitrogens with zero attached hydrogens (tertiary/aromatic N) is 3. The Hall–Kier alpha value is -5.40. The number of allylic oxidation sites excluding steroid dienone is 9. The number of thioether (sulfide) groups is 1. The molecule has 19 heteroatoms. The van der Waals surface area contributed by atoms with Crippen molar-refractivity contribution in [1.29, 1.82) is 0 Å². The van der Waals surface area contributed by atoms with E-state index in [1.165, 1.54) is 42.1 Å². The molecule has 3 N–H and O–H groups in total. The summed E-state index contributed by atoms with van der Waals surface area (Å²) < 4.78 is 30.5. The highest BCUT2D eigenvalue weighted by molar-refractivity contribution is 7.99. The molecular weight excluding hydrogens is 1130 g/mol. The average molecular weight is 1230 g/mol. The largest absolute Gasteiger partial charge is 0.492 e. The van der Waals surface area contributed by atoms with Gasteiger partial charge in [-0.25, -0.2) is 9.59 Å². The van der Waals surface area contributed by atoms with Crippen LogP contribution in [-0.2, 0) is 49.3 Å². The molecule has 5 aliphatic rings.